The number of anilines is 1. The van der Waals surface area contributed by atoms with Gasteiger partial charge in [-0.25, -0.2) is 4.90 Å². The standard InChI is InChI=1S/C29H24N2O5S2/c1-16-8-11-19(12-9-16)31-27(32)23-22(24-26(30-29(34)38-24)37-25(23)28(31)33)18-10-13-20(21(14-18)35-2)36-15-17-6-4-3-5-7-17/h3-14,22-23,25H,15H2,1-2H3,(H,30,34)/t22-,23?,25?/m1/s1. The molecule has 192 valence electrons. The van der Waals surface area contributed by atoms with Crippen LogP contribution in [0.3, 0.4) is 0 Å². The summed E-state index contributed by atoms with van der Waals surface area (Å²) >= 11 is 2.35. The first-order chi connectivity index (χ1) is 18.4. The number of aromatic nitrogens is 1. The van der Waals surface area contributed by atoms with E-state index in [9.17, 15) is 14.4 Å². The van der Waals surface area contributed by atoms with Crippen molar-refractivity contribution >= 4 is 40.6 Å². The van der Waals surface area contributed by atoms with Crippen LogP contribution in [0.5, 0.6) is 11.5 Å². The average Bonchev–Trinajstić information content (AvgIpc) is 3.42. The molecule has 3 atom stereocenters. The van der Waals surface area contributed by atoms with Crippen LogP contribution in [0, 0.1) is 12.8 Å². The van der Waals surface area contributed by atoms with Crippen molar-refractivity contribution in [2.45, 2.75) is 29.7 Å². The maximum absolute atomic E-state index is 13.9. The van der Waals surface area contributed by atoms with E-state index >= 15 is 0 Å². The van der Waals surface area contributed by atoms with E-state index < -0.39 is 17.1 Å². The highest BCUT2D eigenvalue weighted by Gasteiger charge is 2.56. The number of H-pyrrole nitrogens is 1. The number of methoxy groups -OCH3 is 1. The molecule has 1 N–H and O–H groups in total. The smallest absolute Gasteiger partial charge is 0.305 e. The van der Waals surface area contributed by atoms with Crippen molar-refractivity contribution in [2.75, 3.05) is 12.0 Å². The SMILES string of the molecule is COc1cc([C@H]2c3sc(=O)[nH]c3SC3C(=O)N(c4ccc(C)cc4)C(=O)C32)ccc1OCc1ccccc1. The number of carbonyl (C=O) groups is 2. The summed E-state index contributed by atoms with van der Waals surface area (Å²) in [6, 6.07) is 22.7. The van der Waals surface area contributed by atoms with Crippen molar-refractivity contribution in [3.63, 3.8) is 0 Å². The molecule has 2 amide bonds. The van der Waals surface area contributed by atoms with Crippen LogP contribution in [-0.2, 0) is 16.2 Å². The molecule has 2 unspecified atom stereocenters. The number of hydrogen-bond donors (Lipinski definition) is 1. The van der Waals surface area contributed by atoms with Crippen molar-refractivity contribution in [3.8, 4) is 11.5 Å². The largest absolute Gasteiger partial charge is 0.493 e. The maximum Gasteiger partial charge on any atom is 0.305 e. The highest BCUT2D eigenvalue weighted by Crippen LogP contribution is 2.53. The first-order valence-electron chi connectivity index (χ1n) is 12.1. The zero-order valence-corrected chi connectivity index (χ0v) is 22.3. The Balaban J connectivity index is 1.38. The number of benzene rings is 3. The summed E-state index contributed by atoms with van der Waals surface area (Å²) in [6.45, 7) is 2.33. The number of imide groups is 1. The third-order valence-electron chi connectivity index (χ3n) is 6.90. The molecule has 38 heavy (non-hydrogen) atoms. The zero-order chi connectivity index (χ0) is 26.4. The Bertz CT molecular complexity index is 1580. The van der Waals surface area contributed by atoms with Gasteiger partial charge in [-0.15, -0.1) is 0 Å². The zero-order valence-electron chi connectivity index (χ0n) is 20.7. The van der Waals surface area contributed by atoms with E-state index in [0.717, 1.165) is 32.9 Å². The van der Waals surface area contributed by atoms with Crippen molar-refractivity contribution < 1.29 is 19.1 Å². The molecule has 1 aromatic heterocycles. The fourth-order valence-electron chi connectivity index (χ4n) is 5.06. The third-order valence-corrected chi connectivity index (χ3v) is 9.30. The number of aryl methyl sites for hydroxylation is 1. The first kappa shape index (κ1) is 24.5. The van der Waals surface area contributed by atoms with Crippen LogP contribution in [0.25, 0.3) is 0 Å². The summed E-state index contributed by atoms with van der Waals surface area (Å²) in [7, 11) is 1.57. The van der Waals surface area contributed by atoms with Gasteiger partial charge in [0.05, 0.1) is 23.7 Å². The number of fused-ring (bicyclic) bond motifs is 2. The lowest BCUT2D eigenvalue weighted by molar-refractivity contribution is -0.122. The molecule has 0 spiro atoms. The van der Waals surface area contributed by atoms with Crippen LogP contribution >= 0.6 is 23.1 Å². The molecule has 0 radical (unpaired) electrons. The molecule has 0 bridgehead atoms. The molecule has 0 aliphatic carbocycles. The monoisotopic (exact) mass is 544 g/mol. The number of thioether (sulfide) groups is 1. The van der Waals surface area contributed by atoms with Crippen LogP contribution in [0.15, 0.2) is 82.6 Å². The Kier molecular flexibility index (Phi) is 6.33. The number of amides is 2. The van der Waals surface area contributed by atoms with Crippen LogP contribution in [0.4, 0.5) is 5.69 Å². The molecule has 1 fully saturated rings. The number of rotatable bonds is 6. The summed E-state index contributed by atoms with van der Waals surface area (Å²) in [5.74, 6) is -0.593. The topological polar surface area (TPSA) is 88.7 Å². The molecule has 2 aliphatic rings. The minimum absolute atomic E-state index is 0.211. The number of nitrogens with one attached hydrogen (secondary N) is 1. The minimum atomic E-state index is -0.659. The third kappa shape index (κ3) is 4.21. The maximum atomic E-state index is 13.9. The molecule has 7 nitrogen and oxygen atoms in total. The summed E-state index contributed by atoms with van der Waals surface area (Å²) in [4.78, 5) is 44.5. The minimum Gasteiger partial charge on any atom is -0.493 e. The van der Waals surface area contributed by atoms with E-state index in [0.29, 0.717) is 28.8 Å². The quantitative estimate of drug-likeness (QED) is 0.339. The van der Waals surface area contributed by atoms with Gasteiger partial charge in [0, 0.05) is 10.8 Å². The van der Waals surface area contributed by atoms with Crippen molar-refractivity contribution in [1.29, 1.82) is 0 Å². The van der Waals surface area contributed by atoms with Crippen LogP contribution in [-0.4, -0.2) is 29.2 Å². The van der Waals surface area contributed by atoms with Gasteiger partial charge in [0.1, 0.15) is 11.9 Å². The molecule has 3 aromatic carbocycles. The molecule has 6 rings (SSSR count). The number of hydrogen-bond acceptors (Lipinski definition) is 7. The van der Waals surface area contributed by atoms with Crippen LogP contribution in [0.1, 0.15) is 27.5 Å². The number of carbonyl (C=O) groups excluding carboxylic acids is 2. The van der Waals surface area contributed by atoms with Gasteiger partial charge < -0.3 is 14.5 Å². The molecule has 4 aromatic rings. The Labute approximate surface area is 227 Å². The highest BCUT2D eigenvalue weighted by molar-refractivity contribution is 8.00. The van der Waals surface area contributed by atoms with E-state index in [1.165, 1.54) is 16.7 Å². The van der Waals surface area contributed by atoms with Crippen molar-refractivity contribution in [1.82, 2.24) is 4.98 Å². The summed E-state index contributed by atoms with van der Waals surface area (Å²) in [5, 5.41) is -0.00641. The lowest BCUT2D eigenvalue weighted by Crippen LogP contribution is -2.32. The summed E-state index contributed by atoms with van der Waals surface area (Å²) < 4.78 is 11.7. The number of ether oxygens (including phenoxy) is 2. The Hall–Kier alpha value is -3.82. The van der Waals surface area contributed by atoms with Crippen LogP contribution in [0.2, 0.25) is 0 Å². The number of aromatic amines is 1. The normalized spacial score (nSPS) is 20.3. The second-order valence-corrected chi connectivity index (χ2v) is 11.4. The lowest BCUT2D eigenvalue weighted by Gasteiger charge is -2.30. The fraction of sp³-hybridized carbons (Fsp3) is 0.207. The lowest BCUT2D eigenvalue weighted by atomic mass is 9.83. The van der Waals surface area contributed by atoms with Gasteiger partial charge in [0.2, 0.25) is 11.8 Å². The number of nitrogens with zero attached hydrogens (tertiary/aromatic N) is 1. The average molecular weight is 545 g/mol. The van der Waals surface area contributed by atoms with E-state index in [2.05, 4.69) is 4.98 Å². The highest BCUT2D eigenvalue weighted by atomic mass is 32.2. The van der Waals surface area contributed by atoms with Crippen LogP contribution < -0.4 is 19.2 Å². The van der Waals surface area contributed by atoms with E-state index in [1.54, 1.807) is 19.2 Å². The Morgan fingerprint density at radius 1 is 0.921 bits per heavy atom. The fourth-order valence-corrected chi connectivity index (χ4v) is 7.57. The molecule has 3 heterocycles. The van der Waals surface area contributed by atoms with Gasteiger partial charge in [-0.05, 0) is 42.3 Å². The van der Waals surface area contributed by atoms with E-state index in [-0.39, 0.29) is 16.7 Å². The first-order valence-corrected chi connectivity index (χ1v) is 13.8. The van der Waals surface area contributed by atoms with E-state index in [4.69, 9.17) is 9.47 Å². The van der Waals surface area contributed by atoms with Gasteiger partial charge in [-0.1, -0.05) is 77.2 Å². The second-order valence-electron chi connectivity index (χ2n) is 9.28. The predicted octanol–water partition coefficient (Wildman–Crippen LogP) is 5.13. The molecule has 9 heteroatoms. The predicted molar refractivity (Wildman–Crippen MR) is 147 cm³/mol. The molecule has 0 saturated carbocycles. The molecular weight excluding hydrogens is 520 g/mol. The van der Waals surface area contributed by atoms with Gasteiger partial charge in [0.25, 0.3) is 0 Å². The Morgan fingerprint density at radius 2 is 1.68 bits per heavy atom. The van der Waals surface area contributed by atoms with Gasteiger partial charge >= 0.3 is 4.87 Å². The van der Waals surface area contributed by atoms with Crippen molar-refractivity contribution in [3.05, 3.63) is 104 Å². The van der Waals surface area contributed by atoms with Gasteiger partial charge in [-0.2, -0.15) is 0 Å². The summed E-state index contributed by atoms with van der Waals surface area (Å²) in [5.41, 5.74) is 3.41. The molecular formula is C29H24N2O5S2. The molecule has 1 saturated heterocycles. The van der Waals surface area contributed by atoms with Gasteiger partial charge in [-0.3, -0.25) is 14.4 Å². The van der Waals surface area contributed by atoms with Gasteiger partial charge in [0.15, 0.2) is 11.5 Å². The van der Waals surface area contributed by atoms with Crippen molar-refractivity contribution in [2.24, 2.45) is 5.92 Å². The molecule has 2 aliphatic heterocycles. The second kappa shape index (κ2) is 9.81. The van der Waals surface area contributed by atoms with E-state index in [1.807, 2.05) is 67.6 Å². The Morgan fingerprint density at radius 3 is 2.42 bits per heavy atom. The number of thiazole rings is 1. The summed E-state index contributed by atoms with van der Waals surface area (Å²) in [6.07, 6.45) is 0.